The Bertz CT molecular complexity index is 263. The van der Waals surface area contributed by atoms with Gasteiger partial charge < -0.3 is 5.11 Å². The highest BCUT2D eigenvalue weighted by molar-refractivity contribution is 7.88. The van der Waals surface area contributed by atoms with Gasteiger partial charge >= 0.3 is 0 Å². The fourth-order valence-corrected chi connectivity index (χ4v) is 2.85. The van der Waals surface area contributed by atoms with E-state index in [1.54, 1.807) is 4.31 Å². The van der Waals surface area contributed by atoms with Crippen molar-refractivity contribution in [3.05, 3.63) is 0 Å². The van der Waals surface area contributed by atoms with Crippen LogP contribution in [0.4, 0.5) is 0 Å². The third-order valence-corrected chi connectivity index (χ3v) is 4.01. The molecule has 1 atom stereocenters. The van der Waals surface area contributed by atoms with E-state index in [-0.39, 0.29) is 6.61 Å². The Morgan fingerprint density at radius 3 is 2.71 bits per heavy atom. The lowest BCUT2D eigenvalue weighted by Gasteiger charge is -2.21. The molecule has 5 heteroatoms. The number of aliphatic hydroxyl groups excluding tert-OH is 1. The van der Waals surface area contributed by atoms with Crippen molar-refractivity contribution in [3.63, 3.8) is 0 Å². The molecule has 0 bridgehead atoms. The van der Waals surface area contributed by atoms with Gasteiger partial charge in [0.25, 0.3) is 0 Å². The van der Waals surface area contributed by atoms with Gasteiger partial charge in [-0.3, -0.25) is 0 Å². The Labute approximate surface area is 86.0 Å². The molecule has 1 heterocycles. The molecule has 1 aliphatic rings. The fraction of sp³-hybridized carbons (Fsp3) is 1.00. The van der Waals surface area contributed by atoms with Gasteiger partial charge in [0.2, 0.25) is 10.0 Å². The van der Waals surface area contributed by atoms with Crippen LogP contribution in [-0.2, 0) is 10.0 Å². The minimum absolute atomic E-state index is 0.155. The minimum Gasteiger partial charge on any atom is -0.396 e. The first-order valence-electron chi connectivity index (χ1n) is 5.10. The van der Waals surface area contributed by atoms with Crippen molar-refractivity contribution in [1.82, 2.24) is 4.31 Å². The number of aliphatic hydroxyl groups is 1. The van der Waals surface area contributed by atoms with Crippen molar-refractivity contribution in [1.29, 1.82) is 0 Å². The molecule has 0 aromatic carbocycles. The van der Waals surface area contributed by atoms with Crippen LogP contribution in [0.3, 0.4) is 0 Å². The van der Waals surface area contributed by atoms with Crippen LogP contribution in [0.5, 0.6) is 0 Å². The average Bonchev–Trinajstić information content (AvgIpc) is 2.29. The lowest BCUT2D eigenvalue weighted by molar-refractivity contribution is 0.240. The first-order chi connectivity index (χ1) is 6.54. The van der Waals surface area contributed by atoms with Crippen LogP contribution in [0.2, 0.25) is 0 Å². The Morgan fingerprint density at radius 1 is 1.43 bits per heavy atom. The van der Waals surface area contributed by atoms with E-state index in [1.807, 2.05) is 0 Å². The number of sulfonamides is 1. The number of hydrogen-bond donors (Lipinski definition) is 1. The van der Waals surface area contributed by atoms with Crippen LogP contribution in [-0.4, -0.2) is 43.8 Å². The van der Waals surface area contributed by atoms with Crippen molar-refractivity contribution in [2.45, 2.75) is 25.7 Å². The van der Waals surface area contributed by atoms with Crippen LogP contribution in [0.15, 0.2) is 0 Å². The highest BCUT2D eigenvalue weighted by Gasteiger charge is 2.23. The quantitative estimate of drug-likeness (QED) is 0.752. The molecule has 1 aliphatic heterocycles. The Morgan fingerprint density at radius 2 is 2.14 bits per heavy atom. The van der Waals surface area contributed by atoms with Gasteiger partial charge in [-0.15, -0.1) is 0 Å². The second-order valence-electron chi connectivity index (χ2n) is 4.00. The third kappa shape index (κ3) is 3.55. The van der Waals surface area contributed by atoms with Gasteiger partial charge in [-0.05, 0) is 25.2 Å². The molecule has 0 amide bonds. The maximum absolute atomic E-state index is 11.4. The molecule has 1 fully saturated rings. The molecule has 0 radical (unpaired) electrons. The molecule has 1 unspecified atom stereocenters. The van der Waals surface area contributed by atoms with Crippen molar-refractivity contribution in [2.24, 2.45) is 5.92 Å². The van der Waals surface area contributed by atoms with Gasteiger partial charge in [0.05, 0.1) is 6.26 Å². The molecule has 0 spiro atoms. The maximum Gasteiger partial charge on any atom is 0.211 e. The lowest BCUT2D eigenvalue weighted by atomic mass is 10.0. The van der Waals surface area contributed by atoms with E-state index in [0.29, 0.717) is 25.4 Å². The Kier molecular flexibility index (Phi) is 4.34. The van der Waals surface area contributed by atoms with Crippen molar-refractivity contribution in [3.8, 4) is 0 Å². The Balaban J connectivity index is 2.60. The summed E-state index contributed by atoms with van der Waals surface area (Å²) < 4.78 is 24.2. The summed E-state index contributed by atoms with van der Waals surface area (Å²) in [6.45, 7) is 1.38. The summed E-state index contributed by atoms with van der Waals surface area (Å²) in [5, 5.41) is 8.83. The predicted molar refractivity (Wildman–Crippen MR) is 55.5 cm³/mol. The minimum atomic E-state index is -3.05. The van der Waals surface area contributed by atoms with Crippen molar-refractivity contribution in [2.75, 3.05) is 26.0 Å². The van der Waals surface area contributed by atoms with Gasteiger partial charge in [0.1, 0.15) is 0 Å². The van der Waals surface area contributed by atoms with E-state index in [1.165, 1.54) is 6.26 Å². The molecule has 0 aliphatic carbocycles. The smallest absolute Gasteiger partial charge is 0.211 e. The standard InChI is InChI=1S/C9H19NO3S/c1-14(12,13)10-6-3-2-4-9(8-10)5-7-11/h9,11H,2-8H2,1H3. The van der Waals surface area contributed by atoms with Crippen molar-refractivity contribution >= 4 is 10.0 Å². The maximum atomic E-state index is 11.4. The average molecular weight is 221 g/mol. The summed E-state index contributed by atoms with van der Waals surface area (Å²) in [6.07, 6.45) is 5.01. The molecule has 1 N–H and O–H groups in total. The molecule has 0 saturated carbocycles. The molecule has 14 heavy (non-hydrogen) atoms. The zero-order valence-electron chi connectivity index (χ0n) is 8.65. The second-order valence-corrected chi connectivity index (χ2v) is 5.98. The monoisotopic (exact) mass is 221 g/mol. The summed E-state index contributed by atoms with van der Waals surface area (Å²) in [6, 6.07) is 0. The number of nitrogens with zero attached hydrogens (tertiary/aromatic N) is 1. The van der Waals surface area contributed by atoms with E-state index >= 15 is 0 Å². The molecule has 1 rings (SSSR count). The molecule has 4 nitrogen and oxygen atoms in total. The SMILES string of the molecule is CS(=O)(=O)N1CCCCC(CCO)C1. The van der Waals surface area contributed by atoms with Crippen LogP contribution in [0.1, 0.15) is 25.7 Å². The summed E-state index contributed by atoms with van der Waals surface area (Å²) in [7, 11) is -3.05. The van der Waals surface area contributed by atoms with Crippen LogP contribution in [0, 0.1) is 5.92 Å². The largest absolute Gasteiger partial charge is 0.396 e. The molecule has 84 valence electrons. The molecular formula is C9H19NO3S. The Hall–Kier alpha value is -0.130. The number of rotatable bonds is 3. The first kappa shape index (κ1) is 11.9. The van der Waals surface area contributed by atoms with Crippen molar-refractivity contribution < 1.29 is 13.5 Å². The predicted octanol–water partition coefficient (Wildman–Crippen LogP) is 0.430. The van der Waals surface area contributed by atoms with Gasteiger partial charge in [-0.1, -0.05) is 6.42 Å². The van der Waals surface area contributed by atoms with Gasteiger partial charge in [-0.25, -0.2) is 12.7 Å². The summed E-state index contributed by atoms with van der Waals surface area (Å²) in [4.78, 5) is 0. The van der Waals surface area contributed by atoms with E-state index in [4.69, 9.17) is 5.11 Å². The number of hydrogen-bond acceptors (Lipinski definition) is 3. The highest BCUT2D eigenvalue weighted by Crippen LogP contribution is 2.20. The zero-order chi connectivity index (χ0) is 10.6. The third-order valence-electron chi connectivity index (χ3n) is 2.74. The highest BCUT2D eigenvalue weighted by atomic mass is 32.2. The lowest BCUT2D eigenvalue weighted by Crippen LogP contribution is -2.33. The second kappa shape index (κ2) is 5.09. The van der Waals surface area contributed by atoms with E-state index < -0.39 is 10.0 Å². The fourth-order valence-electron chi connectivity index (χ4n) is 1.91. The van der Waals surface area contributed by atoms with Gasteiger partial charge in [0, 0.05) is 19.7 Å². The van der Waals surface area contributed by atoms with Crippen LogP contribution in [0.25, 0.3) is 0 Å². The molecular weight excluding hydrogens is 202 g/mol. The molecule has 0 aromatic heterocycles. The molecule has 0 aromatic rings. The van der Waals surface area contributed by atoms with Crippen LogP contribution < -0.4 is 0 Å². The zero-order valence-corrected chi connectivity index (χ0v) is 9.46. The molecule has 1 saturated heterocycles. The van der Waals surface area contributed by atoms with Crippen LogP contribution >= 0.6 is 0 Å². The normalized spacial score (nSPS) is 26.0. The van der Waals surface area contributed by atoms with Gasteiger partial charge in [-0.2, -0.15) is 0 Å². The summed E-state index contributed by atoms with van der Waals surface area (Å²) in [5.74, 6) is 0.331. The van der Waals surface area contributed by atoms with E-state index in [0.717, 1.165) is 19.3 Å². The van der Waals surface area contributed by atoms with E-state index in [2.05, 4.69) is 0 Å². The topological polar surface area (TPSA) is 57.6 Å². The summed E-state index contributed by atoms with van der Waals surface area (Å²) >= 11 is 0. The van der Waals surface area contributed by atoms with E-state index in [9.17, 15) is 8.42 Å². The van der Waals surface area contributed by atoms with Gasteiger partial charge in [0.15, 0.2) is 0 Å². The summed E-state index contributed by atoms with van der Waals surface area (Å²) in [5.41, 5.74) is 0. The first-order valence-corrected chi connectivity index (χ1v) is 6.95.